The van der Waals surface area contributed by atoms with Gasteiger partial charge < -0.3 is 10.1 Å². The molecule has 0 bridgehead atoms. The van der Waals surface area contributed by atoms with Crippen molar-refractivity contribution < 1.29 is 9.90 Å². The molecule has 0 atom stereocenters. The number of nitrogens with one attached hydrogen (secondary N) is 1. The number of aromatic nitrogens is 2. The molecule has 2 rings (SSSR count). The van der Waals surface area contributed by atoms with Gasteiger partial charge >= 0.3 is 5.97 Å². The van der Waals surface area contributed by atoms with Crippen LogP contribution in [0.4, 0.5) is 0 Å². The van der Waals surface area contributed by atoms with Gasteiger partial charge in [0.1, 0.15) is 15.4 Å². The van der Waals surface area contributed by atoms with Crippen LogP contribution in [0.15, 0.2) is 4.79 Å². The third kappa shape index (κ3) is 2.73. The third-order valence-electron chi connectivity index (χ3n) is 3.17. The molecular formula is C13H16N2O3S2. The summed E-state index contributed by atoms with van der Waals surface area (Å²) < 4.78 is -0.908. The number of carbonyl (C=O) groups is 1. The van der Waals surface area contributed by atoms with E-state index in [4.69, 9.17) is 5.11 Å². The SMILES string of the molecule is Cc1sc2nc(CSC(C)(C)C(=O)O)[nH]c(=O)c2c1C. The topological polar surface area (TPSA) is 83.0 Å². The highest BCUT2D eigenvalue weighted by Gasteiger charge is 2.28. The normalized spacial score (nSPS) is 12.0. The highest BCUT2D eigenvalue weighted by molar-refractivity contribution is 8.00. The van der Waals surface area contributed by atoms with Crippen LogP contribution in [0.5, 0.6) is 0 Å². The first kappa shape index (κ1) is 15.1. The summed E-state index contributed by atoms with van der Waals surface area (Å²) in [5.74, 6) is -0.00248. The lowest BCUT2D eigenvalue weighted by Crippen LogP contribution is -2.27. The van der Waals surface area contributed by atoms with Crippen molar-refractivity contribution in [2.45, 2.75) is 38.2 Å². The molecule has 0 saturated heterocycles. The number of hydrogen-bond donors (Lipinski definition) is 2. The number of aromatic amines is 1. The molecule has 20 heavy (non-hydrogen) atoms. The molecule has 0 spiro atoms. The van der Waals surface area contributed by atoms with Crippen LogP contribution >= 0.6 is 23.1 Å². The van der Waals surface area contributed by atoms with Gasteiger partial charge in [-0.15, -0.1) is 23.1 Å². The highest BCUT2D eigenvalue weighted by Crippen LogP contribution is 2.29. The summed E-state index contributed by atoms with van der Waals surface area (Å²) in [6.45, 7) is 7.14. The maximum absolute atomic E-state index is 12.1. The van der Waals surface area contributed by atoms with Crippen molar-refractivity contribution in [3.8, 4) is 0 Å². The van der Waals surface area contributed by atoms with E-state index in [1.165, 1.54) is 23.1 Å². The zero-order chi connectivity index (χ0) is 15.1. The number of hydrogen-bond acceptors (Lipinski definition) is 5. The molecule has 2 heterocycles. The van der Waals surface area contributed by atoms with E-state index in [0.717, 1.165) is 10.4 Å². The van der Waals surface area contributed by atoms with Gasteiger partial charge in [-0.25, -0.2) is 4.98 Å². The van der Waals surface area contributed by atoms with Crippen LogP contribution in [0.2, 0.25) is 0 Å². The van der Waals surface area contributed by atoms with E-state index >= 15 is 0 Å². The molecule has 0 radical (unpaired) electrons. The van der Waals surface area contributed by atoms with Crippen molar-refractivity contribution in [1.29, 1.82) is 0 Å². The Kier molecular flexibility index (Phi) is 3.93. The molecule has 2 aromatic rings. The first-order valence-electron chi connectivity index (χ1n) is 6.08. The summed E-state index contributed by atoms with van der Waals surface area (Å²) >= 11 is 2.73. The number of carboxylic acid groups (broad SMARTS) is 1. The number of aryl methyl sites for hydroxylation is 2. The minimum Gasteiger partial charge on any atom is -0.480 e. The Bertz CT molecular complexity index is 731. The van der Waals surface area contributed by atoms with Crippen LogP contribution in [-0.4, -0.2) is 25.8 Å². The fraction of sp³-hybridized carbons (Fsp3) is 0.462. The lowest BCUT2D eigenvalue weighted by atomic mass is 10.2. The molecule has 0 aromatic carbocycles. The zero-order valence-corrected chi connectivity index (χ0v) is 13.4. The Labute approximate surface area is 124 Å². The lowest BCUT2D eigenvalue weighted by molar-refractivity contribution is -0.138. The molecule has 0 fully saturated rings. The first-order chi connectivity index (χ1) is 9.22. The third-order valence-corrected chi connectivity index (χ3v) is 5.59. The number of nitrogens with zero attached hydrogens (tertiary/aromatic N) is 1. The number of thiophene rings is 1. The minimum absolute atomic E-state index is 0.152. The molecule has 0 aliphatic rings. The van der Waals surface area contributed by atoms with E-state index in [-0.39, 0.29) is 5.56 Å². The Balaban J connectivity index is 2.33. The van der Waals surface area contributed by atoms with E-state index in [0.29, 0.717) is 21.8 Å². The van der Waals surface area contributed by atoms with Gasteiger partial charge in [0.15, 0.2) is 0 Å². The molecule has 7 heteroatoms. The number of thioether (sulfide) groups is 1. The second kappa shape index (κ2) is 5.21. The number of carboxylic acids is 1. The summed E-state index contributed by atoms with van der Waals surface area (Å²) in [5.41, 5.74) is 0.810. The number of rotatable bonds is 4. The molecule has 2 aromatic heterocycles. The van der Waals surface area contributed by atoms with Crippen LogP contribution in [-0.2, 0) is 10.5 Å². The summed E-state index contributed by atoms with van der Waals surface area (Å²) in [5, 5.41) is 9.71. The van der Waals surface area contributed by atoms with Crippen LogP contribution in [0.1, 0.15) is 30.1 Å². The van der Waals surface area contributed by atoms with E-state index in [9.17, 15) is 9.59 Å². The second-order valence-corrected chi connectivity index (χ2v) is 7.88. The maximum Gasteiger partial charge on any atom is 0.319 e. The Morgan fingerprint density at radius 2 is 2.10 bits per heavy atom. The van der Waals surface area contributed by atoms with Crippen molar-refractivity contribution >= 4 is 39.3 Å². The van der Waals surface area contributed by atoms with Gasteiger partial charge in [-0.05, 0) is 33.3 Å². The molecule has 108 valence electrons. The van der Waals surface area contributed by atoms with Crippen molar-refractivity contribution in [3.63, 3.8) is 0 Å². The fourth-order valence-electron chi connectivity index (χ4n) is 1.68. The van der Waals surface area contributed by atoms with Crippen molar-refractivity contribution in [2.75, 3.05) is 0 Å². The number of aliphatic carboxylic acids is 1. The predicted molar refractivity (Wildman–Crippen MR) is 82.7 cm³/mol. The smallest absolute Gasteiger partial charge is 0.319 e. The molecule has 0 aliphatic carbocycles. The highest BCUT2D eigenvalue weighted by atomic mass is 32.2. The van der Waals surface area contributed by atoms with Crippen molar-refractivity contribution in [2.24, 2.45) is 0 Å². The molecule has 2 N–H and O–H groups in total. The monoisotopic (exact) mass is 312 g/mol. The van der Waals surface area contributed by atoms with Crippen LogP contribution in [0, 0.1) is 13.8 Å². The van der Waals surface area contributed by atoms with Crippen LogP contribution < -0.4 is 5.56 Å². The Morgan fingerprint density at radius 1 is 1.45 bits per heavy atom. The van der Waals surface area contributed by atoms with E-state index < -0.39 is 10.7 Å². The Hall–Kier alpha value is -1.34. The van der Waals surface area contributed by atoms with Gasteiger partial charge in [0.05, 0.1) is 11.1 Å². The summed E-state index contributed by atoms with van der Waals surface area (Å²) in [6.07, 6.45) is 0. The average Bonchev–Trinajstić information content (AvgIpc) is 2.63. The standard InChI is InChI=1S/C13H16N2O3S2/c1-6-7(2)20-11-9(6)10(16)14-8(15-11)5-19-13(3,4)12(17)18/h5H2,1-4H3,(H,17,18)(H,14,15,16). The minimum atomic E-state index is -0.908. The summed E-state index contributed by atoms with van der Waals surface area (Å²) in [6, 6.07) is 0. The molecule has 0 unspecified atom stereocenters. The van der Waals surface area contributed by atoms with E-state index in [2.05, 4.69) is 9.97 Å². The molecule has 0 saturated carbocycles. The lowest BCUT2D eigenvalue weighted by Gasteiger charge is -2.17. The summed E-state index contributed by atoms with van der Waals surface area (Å²) in [4.78, 5) is 32.1. The van der Waals surface area contributed by atoms with Gasteiger partial charge in [0.25, 0.3) is 5.56 Å². The van der Waals surface area contributed by atoms with E-state index in [1.54, 1.807) is 13.8 Å². The molecule has 0 amide bonds. The quantitative estimate of drug-likeness (QED) is 0.907. The van der Waals surface area contributed by atoms with Gasteiger partial charge in [-0.3, -0.25) is 9.59 Å². The van der Waals surface area contributed by atoms with E-state index in [1.807, 2.05) is 13.8 Å². The maximum atomic E-state index is 12.1. The molecule has 5 nitrogen and oxygen atoms in total. The van der Waals surface area contributed by atoms with Gasteiger partial charge in [0.2, 0.25) is 0 Å². The van der Waals surface area contributed by atoms with Crippen molar-refractivity contribution in [3.05, 3.63) is 26.6 Å². The largest absolute Gasteiger partial charge is 0.480 e. The predicted octanol–water partition coefficient (Wildman–Crippen LogP) is 2.70. The summed E-state index contributed by atoms with van der Waals surface area (Å²) in [7, 11) is 0. The number of H-pyrrole nitrogens is 1. The van der Waals surface area contributed by atoms with Crippen LogP contribution in [0.25, 0.3) is 10.2 Å². The second-order valence-electron chi connectivity index (χ2n) is 5.08. The van der Waals surface area contributed by atoms with Gasteiger partial charge in [0, 0.05) is 4.88 Å². The fourth-order valence-corrected chi connectivity index (χ4v) is 3.48. The zero-order valence-electron chi connectivity index (χ0n) is 11.7. The van der Waals surface area contributed by atoms with Gasteiger partial charge in [-0.1, -0.05) is 0 Å². The Morgan fingerprint density at radius 3 is 2.70 bits per heavy atom. The molecule has 0 aliphatic heterocycles. The number of fused-ring (bicyclic) bond motifs is 1. The molecular weight excluding hydrogens is 296 g/mol. The first-order valence-corrected chi connectivity index (χ1v) is 7.89. The van der Waals surface area contributed by atoms with Gasteiger partial charge in [-0.2, -0.15) is 0 Å². The van der Waals surface area contributed by atoms with Crippen LogP contribution in [0.3, 0.4) is 0 Å². The average molecular weight is 312 g/mol. The van der Waals surface area contributed by atoms with Crippen molar-refractivity contribution in [1.82, 2.24) is 9.97 Å².